The van der Waals surface area contributed by atoms with E-state index in [4.69, 9.17) is 23.2 Å². The highest BCUT2D eigenvalue weighted by Gasteiger charge is 2.26. The molecular formula is C23H28Cl2N2O2S. The summed E-state index contributed by atoms with van der Waals surface area (Å²) in [6, 6.07) is 14.7. The molecule has 0 aromatic heterocycles. The molecule has 0 saturated carbocycles. The lowest BCUT2D eigenvalue weighted by molar-refractivity contribution is -0.138. The third-order valence-corrected chi connectivity index (χ3v) is 6.57. The molecule has 162 valence electrons. The molecule has 2 rings (SSSR count). The van der Waals surface area contributed by atoms with Crippen LogP contribution >= 0.6 is 35.0 Å². The molecule has 0 saturated heterocycles. The Morgan fingerprint density at radius 3 is 2.37 bits per heavy atom. The number of thioether (sulfide) groups is 1. The first kappa shape index (κ1) is 24.6. The van der Waals surface area contributed by atoms with Crippen molar-refractivity contribution in [2.75, 3.05) is 5.75 Å². The molecular weight excluding hydrogens is 439 g/mol. The number of amides is 2. The zero-order valence-electron chi connectivity index (χ0n) is 17.5. The highest BCUT2D eigenvalue weighted by Crippen LogP contribution is 2.25. The molecule has 0 aliphatic heterocycles. The van der Waals surface area contributed by atoms with Gasteiger partial charge in [-0.3, -0.25) is 9.59 Å². The second kappa shape index (κ2) is 12.2. The Labute approximate surface area is 193 Å². The van der Waals surface area contributed by atoms with Crippen LogP contribution in [-0.2, 0) is 21.9 Å². The van der Waals surface area contributed by atoms with Gasteiger partial charge < -0.3 is 10.2 Å². The van der Waals surface area contributed by atoms with Gasteiger partial charge in [0.1, 0.15) is 6.04 Å². The summed E-state index contributed by atoms with van der Waals surface area (Å²) in [6.45, 7) is 6.15. The van der Waals surface area contributed by atoms with Gasteiger partial charge >= 0.3 is 0 Å². The summed E-state index contributed by atoms with van der Waals surface area (Å²) in [5, 5.41) is 3.99. The third kappa shape index (κ3) is 7.53. The summed E-state index contributed by atoms with van der Waals surface area (Å²) in [4.78, 5) is 27.4. The lowest BCUT2D eigenvalue weighted by Crippen LogP contribution is -2.50. The van der Waals surface area contributed by atoms with E-state index in [1.54, 1.807) is 17.9 Å². The van der Waals surface area contributed by atoms with Gasteiger partial charge in [0.15, 0.2) is 0 Å². The number of nitrogens with zero attached hydrogens (tertiary/aromatic N) is 1. The predicted molar refractivity (Wildman–Crippen MR) is 127 cm³/mol. The lowest BCUT2D eigenvalue weighted by atomic mass is 10.1. The largest absolute Gasteiger partial charge is 0.352 e. The number of halogens is 2. The van der Waals surface area contributed by atoms with Gasteiger partial charge in [0.25, 0.3) is 0 Å². The molecule has 0 fully saturated rings. The normalized spacial score (nSPS) is 12.8. The highest BCUT2D eigenvalue weighted by atomic mass is 35.5. The van der Waals surface area contributed by atoms with Crippen molar-refractivity contribution >= 4 is 46.8 Å². The van der Waals surface area contributed by atoms with Crippen molar-refractivity contribution in [2.24, 2.45) is 0 Å². The van der Waals surface area contributed by atoms with Crippen LogP contribution in [0.5, 0.6) is 0 Å². The predicted octanol–water partition coefficient (Wildman–Crippen LogP) is 5.56. The van der Waals surface area contributed by atoms with Crippen LogP contribution in [0.4, 0.5) is 0 Å². The standard InChI is InChI=1S/C23H28Cl2N2O2S/c1-4-16(2)26-23(29)17(3)27(13-18-8-6-5-7-9-18)22(28)15-30-14-19-10-11-20(24)21(25)12-19/h5-12,16-17H,4,13-15H2,1-3H3,(H,26,29)/t16-,17+/m0/s1. The van der Waals surface area contributed by atoms with E-state index in [0.717, 1.165) is 17.5 Å². The van der Waals surface area contributed by atoms with E-state index in [1.165, 1.54) is 11.8 Å². The zero-order valence-corrected chi connectivity index (χ0v) is 19.9. The van der Waals surface area contributed by atoms with E-state index in [1.807, 2.05) is 56.3 Å². The molecule has 2 aromatic rings. The summed E-state index contributed by atoms with van der Waals surface area (Å²) in [5.41, 5.74) is 1.99. The topological polar surface area (TPSA) is 49.4 Å². The summed E-state index contributed by atoms with van der Waals surface area (Å²) in [5.74, 6) is 0.697. The van der Waals surface area contributed by atoms with Gasteiger partial charge in [0.05, 0.1) is 15.8 Å². The maximum absolute atomic E-state index is 13.0. The van der Waals surface area contributed by atoms with Gasteiger partial charge in [-0.05, 0) is 43.5 Å². The van der Waals surface area contributed by atoms with Crippen LogP contribution in [0.1, 0.15) is 38.3 Å². The maximum Gasteiger partial charge on any atom is 0.242 e. The van der Waals surface area contributed by atoms with Crippen LogP contribution in [-0.4, -0.2) is 34.6 Å². The first-order valence-corrected chi connectivity index (χ1v) is 11.9. The number of benzene rings is 2. The first-order chi connectivity index (χ1) is 14.3. The molecule has 7 heteroatoms. The minimum absolute atomic E-state index is 0.0673. The minimum atomic E-state index is -0.558. The van der Waals surface area contributed by atoms with E-state index < -0.39 is 6.04 Å². The molecule has 30 heavy (non-hydrogen) atoms. The van der Waals surface area contributed by atoms with Gasteiger partial charge in [0.2, 0.25) is 11.8 Å². The Bertz CT molecular complexity index is 848. The minimum Gasteiger partial charge on any atom is -0.352 e. The molecule has 4 nitrogen and oxygen atoms in total. The van der Waals surface area contributed by atoms with Crippen LogP contribution in [0, 0.1) is 0 Å². The quantitative estimate of drug-likeness (QED) is 0.498. The Hall–Kier alpha value is -1.69. The number of carbonyl (C=O) groups excluding carboxylic acids is 2. The lowest BCUT2D eigenvalue weighted by Gasteiger charge is -2.29. The zero-order chi connectivity index (χ0) is 22.1. The van der Waals surface area contributed by atoms with Crippen molar-refractivity contribution in [3.8, 4) is 0 Å². The highest BCUT2D eigenvalue weighted by molar-refractivity contribution is 7.99. The van der Waals surface area contributed by atoms with E-state index >= 15 is 0 Å². The Kier molecular flexibility index (Phi) is 10.0. The molecule has 0 spiro atoms. The van der Waals surface area contributed by atoms with Gasteiger partial charge in [-0.25, -0.2) is 0 Å². The molecule has 1 N–H and O–H groups in total. The summed E-state index contributed by atoms with van der Waals surface area (Å²) >= 11 is 13.5. The fourth-order valence-corrected chi connectivity index (χ4v) is 3.98. The van der Waals surface area contributed by atoms with Crippen molar-refractivity contribution in [1.29, 1.82) is 0 Å². The number of nitrogens with one attached hydrogen (secondary N) is 1. The van der Waals surface area contributed by atoms with E-state index in [-0.39, 0.29) is 23.6 Å². The van der Waals surface area contributed by atoms with E-state index in [2.05, 4.69) is 5.32 Å². The fourth-order valence-electron chi connectivity index (χ4n) is 2.80. The number of rotatable bonds is 10. The van der Waals surface area contributed by atoms with Crippen molar-refractivity contribution in [3.63, 3.8) is 0 Å². The van der Waals surface area contributed by atoms with Crippen LogP contribution in [0.15, 0.2) is 48.5 Å². The number of carbonyl (C=O) groups is 2. The second-order valence-corrected chi connectivity index (χ2v) is 9.04. The second-order valence-electron chi connectivity index (χ2n) is 7.24. The van der Waals surface area contributed by atoms with Crippen molar-refractivity contribution in [1.82, 2.24) is 10.2 Å². The van der Waals surface area contributed by atoms with Crippen LogP contribution in [0.25, 0.3) is 0 Å². The Morgan fingerprint density at radius 1 is 1.03 bits per heavy atom. The smallest absolute Gasteiger partial charge is 0.242 e. The van der Waals surface area contributed by atoms with Crippen molar-refractivity contribution in [2.45, 2.75) is 51.6 Å². The Morgan fingerprint density at radius 2 is 1.73 bits per heavy atom. The van der Waals surface area contributed by atoms with Crippen LogP contribution < -0.4 is 5.32 Å². The summed E-state index contributed by atoms with van der Waals surface area (Å²) < 4.78 is 0. The molecule has 0 radical (unpaired) electrons. The summed E-state index contributed by atoms with van der Waals surface area (Å²) in [6.07, 6.45) is 0.838. The average Bonchev–Trinajstić information content (AvgIpc) is 2.74. The van der Waals surface area contributed by atoms with Gasteiger partial charge in [0, 0.05) is 18.3 Å². The van der Waals surface area contributed by atoms with E-state index in [0.29, 0.717) is 22.3 Å². The van der Waals surface area contributed by atoms with E-state index in [9.17, 15) is 9.59 Å². The third-order valence-electron chi connectivity index (χ3n) is 4.84. The number of hydrogen-bond acceptors (Lipinski definition) is 3. The molecule has 2 amide bonds. The molecule has 0 aliphatic rings. The van der Waals surface area contributed by atoms with Crippen LogP contribution in [0.3, 0.4) is 0 Å². The van der Waals surface area contributed by atoms with Gasteiger partial charge in [-0.1, -0.05) is 66.5 Å². The molecule has 0 bridgehead atoms. The van der Waals surface area contributed by atoms with Crippen molar-refractivity contribution in [3.05, 3.63) is 69.7 Å². The summed E-state index contributed by atoms with van der Waals surface area (Å²) in [7, 11) is 0. The average molecular weight is 467 g/mol. The number of hydrogen-bond donors (Lipinski definition) is 1. The van der Waals surface area contributed by atoms with Crippen LogP contribution in [0.2, 0.25) is 10.0 Å². The van der Waals surface area contributed by atoms with Crippen molar-refractivity contribution < 1.29 is 9.59 Å². The molecule has 2 aromatic carbocycles. The van der Waals surface area contributed by atoms with Gasteiger partial charge in [-0.2, -0.15) is 0 Å². The molecule has 2 atom stereocenters. The Balaban J connectivity index is 2.05. The molecule has 0 heterocycles. The molecule has 0 aliphatic carbocycles. The molecule has 0 unspecified atom stereocenters. The first-order valence-electron chi connectivity index (χ1n) is 9.97. The SMILES string of the molecule is CC[C@H](C)NC(=O)[C@@H](C)N(Cc1ccccc1)C(=O)CSCc1ccc(Cl)c(Cl)c1. The van der Waals surface area contributed by atoms with Gasteiger partial charge in [-0.15, -0.1) is 11.8 Å². The maximum atomic E-state index is 13.0. The monoisotopic (exact) mass is 466 g/mol. The fraction of sp³-hybridized carbons (Fsp3) is 0.391.